The van der Waals surface area contributed by atoms with Gasteiger partial charge in [0, 0.05) is 16.2 Å². The highest BCUT2D eigenvalue weighted by atomic mass is 32.2. The molecule has 132 valence electrons. The Balaban J connectivity index is 1.50. The van der Waals surface area contributed by atoms with Gasteiger partial charge in [-0.15, -0.1) is 11.8 Å². The van der Waals surface area contributed by atoms with Crippen LogP contribution in [0.25, 0.3) is 10.8 Å². The number of methoxy groups -OCH3 is 1. The molecule has 0 unspecified atom stereocenters. The lowest BCUT2D eigenvalue weighted by Crippen LogP contribution is -2.15. The Kier molecular flexibility index (Phi) is 5.92. The van der Waals surface area contributed by atoms with Crippen molar-refractivity contribution < 1.29 is 19.1 Å². The van der Waals surface area contributed by atoms with Gasteiger partial charge in [-0.2, -0.15) is 0 Å². The van der Waals surface area contributed by atoms with Gasteiger partial charge in [-0.1, -0.05) is 30.3 Å². The van der Waals surface area contributed by atoms with E-state index in [1.54, 1.807) is 23.9 Å². The first kappa shape index (κ1) is 18.0. The zero-order chi connectivity index (χ0) is 18.4. The smallest absolute Gasteiger partial charge is 0.379 e. The molecule has 3 aromatic rings. The van der Waals surface area contributed by atoms with Crippen molar-refractivity contribution in [3.8, 4) is 5.75 Å². The number of ketones is 1. The maximum absolute atomic E-state index is 11.7. The van der Waals surface area contributed by atoms with E-state index >= 15 is 0 Å². The van der Waals surface area contributed by atoms with Gasteiger partial charge in [-0.05, 0) is 47.2 Å². The van der Waals surface area contributed by atoms with E-state index in [0.29, 0.717) is 12.2 Å². The van der Waals surface area contributed by atoms with Gasteiger partial charge in [0.1, 0.15) is 5.75 Å². The summed E-state index contributed by atoms with van der Waals surface area (Å²) < 4.78 is 10.2. The molecule has 0 fully saturated rings. The highest BCUT2D eigenvalue weighted by Crippen LogP contribution is 2.22. The lowest BCUT2D eigenvalue weighted by molar-refractivity contribution is -0.135. The van der Waals surface area contributed by atoms with Crippen LogP contribution < -0.4 is 4.74 Å². The molecule has 0 bridgehead atoms. The molecule has 0 aliphatic heterocycles. The summed E-state index contributed by atoms with van der Waals surface area (Å²) in [6.07, 6.45) is 0. The van der Waals surface area contributed by atoms with E-state index in [-0.39, 0.29) is 0 Å². The molecule has 0 spiro atoms. The van der Waals surface area contributed by atoms with Gasteiger partial charge >= 0.3 is 5.97 Å². The van der Waals surface area contributed by atoms with Gasteiger partial charge in [0.15, 0.2) is 0 Å². The largest absolute Gasteiger partial charge is 0.493 e. The zero-order valence-electron chi connectivity index (χ0n) is 14.3. The first-order valence-electron chi connectivity index (χ1n) is 8.14. The number of fused-ring (bicyclic) bond motifs is 1. The summed E-state index contributed by atoms with van der Waals surface area (Å²) in [5.41, 5.74) is 0.327. The zero-order valence-corrected chi connectivity index (χ0v) is 15.1. The number of thioether (sulfide) groups is 1. The van der Waals surface area contributed by atoms with Crippen molar-refractivity contribution in [2.45, 2.75) is 4.90 Å². The van der Waals surface area contributed by atoms with Crippen LogP contribution in [-0.2, 0) is 9.53 Å². The van der Waals surface area contributed by atoms with Gasteiger partial charge in [0.25, 0.3) is 5.78 Å². The van der Waals surface area contributed by atoms with Crippen LogP contribution in [0.15, 0.2) is 71.6 Å². The second-order valence-electron chi connectivity index (χ2n) is 5.55. The minimum Gasteiger partial charge on any atom is -0.493 e. The first-order valence-corrected chi connectivity index (χ1v) is 9.13. The predicted molar refractivity (Wildman–Crippen MR) is 103 cm³/mol. The number of carbonyl (C=O) groups excluding carboxylic acids is 2. The molecule has 3 aromatic carbocycles. The molecule has 0 amide bonds. The molecule has 0 saturated carbocycles. The van der Waals surface area contributed by atoms with Crippen molar-refractivity contribution in [1.29, 1.82) is 0 Å². The number of esters is 1. The number of Topliss-reactive ketones (excluding diaryl/α,β-unsaturated/α-hetero) is 1. The van der Waals surface area contributed by atoms with Crippen LogP contribution >= 0.6 is 11.8 Å². The fourth-order valence-corrected chi connectivity index (χ4v) is 3.22. The van der Waals surface area contributed by atoms with E-state index < -0.39 is 11.8 Å². The molecular weight excluding hydrogens is 348 g/mol. The first-order chi connectivity index (χ1) is 12.7. The molecule has 26 heavy (non-hydrogen) atoms. The van der Waals surface area contributed by atoms with Crippen molar-refractivity contribution in [2.75, 3.05) is 19.5 Å². The number of hydrogen-bond acceptors (Lipinski definition) is 5. The summed E-state index contributed by atoms with van der Waals surface area (Å²) in [5.74, 6) is 0.137. The van der Waals surface area contributed by atoms with E-state index in [9.17, 15) is 9.59 Å². The maximum Gasteiger partial charge on any atom is 0.379 e. The summed E-state index contributed by atoms with van der Waals surface area (Å²) in [7, 11) is 1.19. The van der Waals surface area contributed by atoms with Gasteiger partial charge in [0.05, 0.1) is 13.7 Å². The number of benzene rings is 3. The van der Waals surface area contributed by atoms with E-state index in [1.807, 2.05) is 36.4 Å². The van der Waals surface area contributed by atoms with Crippen LogP contribution in [0, 0.1) is 0 Å². The van der Waals surface area contributed by atoms with Crippen LogP contribution in [0.4, 0.5) is 0 Å². The van der Waals surface area contributed by atoms with Gasteiger partial charge in [-0.3, -0.25) is 4.79 Å². The van der Waals surface area contributed by atoms with Crippen LogP contribution in [0.1, 0.15) is 10.4 Å². The molecule has 0 radical (unpaired) electrons. The lowest BCUT2D eigenvalue weighted by atomic mass is 10.1. The average molecular weight is 366 g/mol. The van der Waals surface area contributed by atoms with Crippen LogP contribution in [0.3, 0.4) is 0 Å². The topological polar surface area (TPSA) is 52.6 Å². The summed E-state index contributed by atoms with van der Waals surface area (Å²) in [4.78, 5) is 23.9. The van der Waals surface area contributed by atoms with Gasteiger partial charge in [0.2, 0.25) is 0 Å². The summed E-state index contributed by atoms with van der Waals surface area (Å²) >= 11 is 1.63. The third-order valence-electron chi connectivity index (χ3n) is 3.83. The molecule has 4 nitrogen and oxygen atoms in total. The van der Waals surface area contributed by atoms with Crippen LogP contribution in [0.2, 0.25) is 0 Å². The Morgan fingerprint density at radius 3 is 2.38 bits per heavy atom. The highest BCUT2D eigenvalue weighted by molar-refractivity contribution is 7.99. The second-order valence-corrected chi connectivity index (χ2v) is 6.72. The molecule has 0 aromatic heterocycles. The third-order valence-corrected chi connectivity index (χ3v) is 4.81. The van der Waals surface area contributed by atoms with E-state index in [0.717, 1.165) is 21.8 Å². The van der Waals surface area contributed by atoms with E-state index in [4.69, 9.17) is 4.74 Å². The Morgan fingerprint density at radius 2 is 1.65 bits per heavy atom. The Bertz CT molecular complexity index is 919. The molecule has 0 atom stereocenters. The van der Waals surface area contributed by atoms with Crippen LogP contribution in [-0.4, -0.2) is 31.2 Å². The number of rotatable bonds is 7. The average Bonchev–Trinajstić information content (AvgIpc) is 2.70. The van der Waals surface area contributed by atoms with Crippen molar-refractivity contribution in [2.24, 2.45) is 0 Å². The Hall–Kier alpha value is -2.79. The molecule has 0 saturated heterocycles. The fraction of sp³-hybridized carbons (Fsp3) is 0.143. The fourth-order valence-electron chi connectivity index (χ4n) is 2.49. The number of ether oxygens (including phenoxy) is 2. The molecule has 0 N–H and O–H groups in total. The molecule has 0 heterocycles. The second kappa shape index (κ2) is 8.54. The minimum atomic E-state index is -0.853. The van der Waals surface area contributed by atoms with Crippen molar-refractivity contribution in [3.63, 3.8) is 0 Å². The Labute approximate surface area is 156 Å². The van der Waals surface area contributed by atoms with Crippen molar-refractivity contribution in [3.05, 3.63) is 72.3 Å². The van der Waals surface area contributed by atoms with E-state index in [1.165, 1.54) is 12.5 Å². The number of carbonyl (C=O) groups is 2. The normalized spacial score (nSPS) is 10.5. The predicted octanol–water partition coefficient (Wildman–Crippen LogP) is 4.37. The monoisotopic (exact) mass is 366 g/mol. The number of hydrogen-bond donors (Lipinski definition) is 0. The minimum absolute atomic E-state index is 0.327. The maximum atomic E-state index is 11.7. The van der Waals surface area contributed by atoms with Crippen LogP contribution in [0.5, 0.6) is 5.75 Å². The van der Waals surface area contributed by atoms with Crippen molar-refractivity contribution >= 4 is 34.3 Å². The SMILES string of the molecule is COC(=O)C(=O)c1ccc(SCCOc2ccc3ccccc3c2)cc1. The summed E-state index contributed by atoms with van der Waals surface area (Å²) in [5, 5.41) is 2.35. The van der Waals surface area contributed by atoms with E-state index in [2.05, 4.69) is 22.9 Å². The molecule has 5 heteroatoms. The lowest BCUT2D eigenvalue weighted by Gasteiger charge is -2.07. The third kappa shape index (κ3) is 4.43. The standard InChI is InChI=1S/C21H18O4S/c1-24-21(23)20(22)16-7-10-19(11-8-16)26-13-12-25-18-9-6-15-4-2-3-5-17(15)14-18/h2-11,14H,12-13H2,1H3. The molecule has 0 aliphatic carbocycles. The summed E-state index contributed by atoms with van der Waals surface area (Å²) in [6, 6.07) is 21.1. The quantitative estimate of drug-likeness (QED) is 0.204. The van der Waals surface area contributed by atoms with Gasteiger partial charge in [-0.25, -0.2) is 4.79 Å². The molecular formula is C21H18O4S. The summed E-state index contributed by atoms with van der Waals surface area (Å²) in [6.45, 7) is 0.575. The Morgan fingerprint density at radius 1 is 0.923 bits per heavy atom. The molecule has 0 aliphatic rings. The van der Waals surface area contributed by atoms with Crippen molar-refractivity contribution in [1.82, 2.24) is 0 Å². The van der Waals surface area contributed by atoms with Gasteiger partial charge < -0.3 is 9.47 Å². The molecule has 3 rings (SSSR count). The highest BCUT2D eigenvalue weighted by Gasteiger charge is 2.16.